The summed E-state index contributed by atoms with van der Waals surface area (Å²) in [5, 5.41) is 17.4. The highest BCUT2D eigenvalue weighted by Crippen LogP contribution is 2.44. The first-order chi connectivity index (χ1) is 15.3. The Morgan fingerprint density at radius 2 is 2.09 bits per heavy atom. The Kier molecular flexibility index (Phi) is 4.86. The predicted octanol–water partition coefficient (Wildman–Crippen LogP) is 5.12. The first-order valence-electron chi connectivity index (χ1n) is 10.3. The third-order valence-corrected chi connectivity index (χ3v) is 7.98. The second-order valence-corrected chi connectivity index (χ2v) is 14.9. The molecule has 2 aromatic heterocycles. The molecule has 0 saturated carbocycles. The number of azo groups is 1. The highest BCUT2D eigenvalue weighted by Gasteiger charge is 2.33. The van der Waals surface area contributed by atoms with Crippen molar-refractivity contribution in [3.05, 3.63) is 45.8 Å². The molecule has 10 heteroatoms. The van der Waals surface area contributed by atoms with Gasteiger partial charge in [0.2, 0.25) is 0 Å². The van der Waals surface area contributed by atoms with Crippen molar-refractivity contribution >= 4 is 31.0 Å². The molecule has 0 fully saturated rings. The second kappa shape index (κ2) is 7.49. The standard InChI is InChI=1S/C22H23N5O3SSi/c1-12(28)19-16-10-30-18-9-17(29-2)15(21-23-22(25-24-21)32(3,4)5)8-14(18)20(16)27(26-19)13-6-7-31-11-13/h6-9,11,22H,10H2,1-5H3. The third-order valence-electron chi connectivity index (χ3n) is 5.52. The van der Waals surface area contributed by atoms with E-state index in [1.54, 1.807) is 18.4 Å². The minimum Gasteiger partial charge on any atom is -0.496 e. The molecule has 4 heterocycles. The van der Waals surface area contributed by atoms with Crippen molar-refractivity contribution in [2.45, 2.75) is 39.0 Å². The number of aromatic nitrogens is 2. The number of amidine groups is 1. The van der Waals surface area contributed by atoms with Crippen LogP contribution in [0.5, 0.6) is 11.5 Å². The van der Waals surface area contributed by atoms with Crippen LogP contribution in [0.1, 0.15) is 28.5 Å². The van der Waals surface area contributed by atoms with E-state index in [1.807, 2.05) is 33.6 Å². The summed E-state index contributed by atoms with van der Waals surface area (Å²) in [4.78, 5) is 17.1. The van der Waals surface area contributed by atoms with Gasteiger partial charge >= 0.3 is 0 Å². The van der Waals surface area contributed by atoms with Gasteiger partial charge in [-0.05, 0) is 17.5 Å². The topological polar surface area (TPSA) is 90.4 Å². The molecule has 3 aromatic rings. The summed E-state index contributed by atoms with van der Waals surface area (Å²) in [6.07, 6.45) is 0. The van der Waals surface area contributed by atoms with Crippen molar-refractivity contribution < 1.29 is 14.3 Å². The number of benzene rings is 1. The Morgan fingerprint density at radius 3 is 2.72 bits per heavy atom. The lowest BCUT2D eigenvalue weighted by molar-refractivity contribution is 0.101. The van der Waals surface area contributed by atoms with Crippen LogP contribution in [0.25, 0.3) is 16.9 Å². The van der Waals surface area contributed by atoms with Crippen molar-refractivity contribution in [2.75, 3.05) is 7.11 Å². The molecule has 5 rings (SSSR count). The zero-order valence-electron chi connectivity index (χ0n) is 18.5. The van der Waals surface area contributed by atoms with Crippen LogP contribution in [0, 0.1) is 0 Å². The normalized spacial score (nSPS) is 16.9. The van der Waals surface area contributed by atoms with Crippen molar-refractivity contribution in [3.8, 4) is 28.4 Å². The Balaban J connectivity index is 1.72. The molecule has 0 spiro atoms. The van der Waals surface area contributed by atoms with Gasteiger partial charge in [-0.2, -0.15) is 21.5 Å². The minimum absolute atomic E-state index is 0.0945. The highest BCUT2D eigenvalue weighted by molar-refractivity contribution is 7.08. The van der Waals surface area contributed by atoms with E-state index in [2.05, 4.69) is 35.0 Å². The average Bonchev–Trinajstić information content (AvgIpc) is 3.51. The molecule has 2 aliphatic heterocycles. The van der Waals surface area contributed by atoms with Gasteiger partial charge in [0.05, 0.1) is 24.1 Å². The summed E-state index contributed by atoms with van der Waals surface area (Å²) in [6.45, 7) is 8.45. The molecule has 0 amide bonds. The fraction of sp³-hybridized carbons (Fsp3) is 0.318. The van der Waals surface area contributed by atoms with Crippen LogP contribution in [-0.2, 0) is 6.61 Å². The number of carbonyl (C=O) groups is 1. The maximum Gasteiger partial charge on any atom is 0.182 e. The lowest BCUT2D eigenvalue weighted by Gasteiger charge is -2.21. The molecule has 0 radical (unpaired) electrons. The number of carbonyl (C=O) groups excluding carboxylic acids is 1. The van der Waals surface area contributed by atoms with Gasteiger partial charge in [-0.1, -0.05) is 19.6 Å². The van der Waals surface area contributed by atoms with Crippen LogP contribution in [-0.4, -0.2) is 42.4 Å². The van der Waals surface area contributed by atoms with Gasteiger partial charge < -0.3 is 9.47 Å². The lowest BCUT2D eigenvalue weighted by Crippen LogP contribution is -2.34. The molecule has 0 aliphatic carbocycles. The number of thiophene rings is 1. The van der Waals surface area contributed by atoms with Gasteiger partial charge in [0.1, 0.15) is 37.7 Å². The number of hydrogen-bond acceptors (Lipinski definition) is 8. The zero-order chi connectivity index (χ0) is 22.6. The van der Waals surface area contributed by atoms with Crippen LogP contribution in [0.15, 0.2) is 44.2 Å². The Labute approximate surface area is 190 Å². The molecule has 2 aliphatic rings. The van der Waals surface area contributed by atoms with Gasteiger partial charge in [0.25, 0.3) is 0 Å². The third kappa shape index (κ3) is 3.30. The summed E-state index contributed by atoms with van der Waals surface area (Å²) in [6, 6.07) is 5.80. The van der Waals surface area contributed by atoms with Crippen LogP contribution < -0.4 is 9.47 Å². The number of methoxy groups -OCH3 is 1. The number of rotatable bonds is 5. The van der Waals surface area contributed by atoms with Crippen molar-refractivity contribution in [1.82, 2.24) is 9.78 Å². The highest BCUT2D eigenvalue weighted by atomic mass is 32.1. The predicted molar refractivity (Wildman–Crippen MR) is 126 cm³/mol. The number of fused-ring (bicyclic) bond motifs is 3. The van der Waals surface area contributed by atoms with E-state index in [-0.39, 0.29) is 18.2 Å². The van der Waals surface area contributed by atoms with E-state index in [0.29, 0.717) is 23.0 Å². The van der Waals surface area contributed by atoms with E-state index < -0.39 is 8.07 Å². The Hall–Kier alpha value is -3.11. The smallest absolute Gasteiger partial charge is 0.182 e. The number of ketones is 1. The summed E-state index contributed by atoms with van der Waals surface area (Å²) in [5.41, 5.74) is 4.52. The van der Waals surface area contributed by atoms with Crippen molar-refractivity contribution in [3.63, 3.8) is 0 Å². The molecule has 0 saturated heterocycles. The largest absolute Gasteiger partial charge is 0.496 e. The van der Waals surface area contributed by atoms with Crippen LogP contribution in [0.4, 0.5) is 0 Å². The Morgan fingerprint density at radius 1 is 1.28 bits per heavy atom. The molecule has 8 nitrogen and oxygen atoms in total. The summed E-state index contributed by atoms with van der Waals surface area (Å²) < 4.78 is 13.5. The maximum absolute atomic E-state index is 12.3. The molecule has 32 heavy (non-hydrogen) atoms. The quantitative estimate of drug-likeness (QED) is 0.386. The first kappa shape index (κ1) is 20.8. The molecule has 1 aromatic carbocycles. The molecule has 0 N–H and O–H groups in total. The van der Waals surface area contributed by atoms with E-state index in [4.69, 9.17) is 14.5 Å². The lowest BCUT2D eigenvalue weighted by atomic mass is 9.98. The molecular weight excluding hydrogens is 442 g/mol. The minimum atomic E-state index is -1.63. The van der Waals surface area contributed by atoms with Gasteiger partial charge in [-0.3, -0.25) is 4.79 Å². The fourth-order valence-corrected chi connectivity index (χ4v) is 5.37. The van der Waals surface area contributed by atoms with Gasteiger partial charge in [-0.15, -0.1) is 5.11 Å². The summed E-state index contributed by atoms with van der Waals surface area (Å²) in [5.74, 6) is 1.63. The zero-order valence-corrected chi connectivity index (χ0v) is 20.4. The van der Waals surface area contributed by atoms with E-state index in [9.17, 15) is 4.79 Å². The molecular formula is C22H23N5O3SSi. The number of nitrogens with zero attached hydrogens (tertiary/aromatic N) is 5. The molecule has 0 bridgehead atoms. The van der Waals surface area contributed by atoms with Crippen LogP contribution in [0.2, 0.25) is 19.6 Å². The summed E-state index contributed by atoms with van der Waals surface area (Å²) in [7, 11) is -0.0144. The van der Waals surface area contributed by atoms with Gasteiger partial charge in [0, 0.05) is 29.5 Å². The van der Waals surface area contributed by atoms with Crippen LogP contribution in [0.3, 0.4) is 0 Å². The number of ether oxygens (including phenoxy) is 2. The second-order valence-electron chi connectivity index (χ2n) is 8.87. The SMILES string of the molecule is COc1cc2c(cc1C1=NC([Si](C)(C)C)N=N1)-c1c(c(C(C)=O)nn1-c1ccsc1)CO2. The van der Waals surface area contributed by atoms with E-state index in [0.717, 1.165) is 28.1 Å². The van der Waals surface area contributed by atoms with Crippen LogP contribution >= 0.6 is 11.3 Å². The molecule has 164 valence electrons. The fourth-order valence-electron chi connectivity index (χ4n) is 3.84. The first-order valence-corrected chi connectivity index (χ1v) is 14.8. The monoisotopic (exact) mass is 465 g/mol. The van der Waals surface area contributed by atoms with E-state index >= 15 is 0 Å². The maximum atomic E-state index is 12.3. The molecule has 1 unspecified atom stereocenters. The number of hydrogen-bond donors (Lipinski definition) is 0. The number of Topliss-reactive ketones (excluding diaryl/α,β-unsaturated/α-hetero) is 1. The van der Waals surface area contributed by atoms with Gasteiger partial charge in [0.15, 0.2) is 11.6 Å². The van der Waals surface area contributed by atoms with Crippen molar-refractivity contribution in [1.29, 1.82) is 0 Å². The number of aliphatic imine (C=N–C) groups is 1. The van der Waals surface area contributed by atoms with E-state index in [1.165, 1.54) is 6.92 Å². The Bertz CT molecular complexity index is 1290. The average molecular weight is 466 g/mol. The van der Waals surface area contributed by atoms with Gasteiger partial charge in [-0.25, -0.2) is 9.67 Å². The van der Waals surface area contributed by atoms with Crippen molar-refractivity contribution in [2.24, 2.45) is 15.2 Å². The summed E-state index contributed by atoms with van der Waals surface area (Å²) >= 11 is 1.58. The molecule has 1 atom stereocenters.